The SMILES string of the molecule is COC(=O)c1c(C(C)C)cc(C(C)C)c(C(=O)OC)c1OC. The van der Waals surface area contributed by atoms with Gasteiger partial charge in [0.1, 0.15) is 16.9 Å². The molecule has 1 aromatic rings. The first-order valence-corrected chi connectivity index (χ1v) is 7.21. The highest BCUT2D eigenvalue weighted by molar-refractivity contribution is 6.02. The van der Waals surface area contributed by atoms with E-state index in [2.05, 4.69) is 0 Å². The Labute approximate surface area is 131 Å². The summed E-state index contributed by atoms with van der Waals surface area (Å²) in [6.45, 7) is 7.90. The molecule has 0 spiro atoms. The molecule has 1 aromatic carbocycles. The second-order valence-electron chi connectivity index (χ2n) is 5.63. The fourth-order valence-corrected chi connectivity index (χ4v) is 2.44. The molecule has 0 fully saturated rings. The van der Waals surface area contributed by atoms with Crippen molar-refractivity contribution in [2.24, 2.45) is 0 Å². The summed E-state index contributed by atoms with van der Waals surface area (Å²) in [5, 5.41) is 0. The van der Waals surface area contributed by atoms with Crippen LogP contribution in [0.15, 0.2) is 6.07 Å². The van der Waals surface area contributed by atoms with Gasteiger partial charge in [0.15, 0.2) is 0 Å². The van der Waals surface area contributed by atoms with Crippen molar-refractivity contribution in [2.75, 3.05) is 21.3 Å². The van der Waals surface area contributed by atoms with Crippen LogP contribution in [0.2, 0.25) is 0 Å². The summed E-state index contributed by atoms with van der Waals surface area (Å²) in [6.07, 6.45) is 0. The van der Waals surface area contributed by atoms with Crippen LogP contribution < -0.4 is 4.74 Å². The molecule has 0 N–H and O–H groups in total. The van der Waals surface area contributed by atoms with Crippen molar-refractivity contribution in [3.8, 4) is 5.75 Å². The third-order valence-electron chi connectivity index (χ3n) is 3.57. The average Bonchev–Trinajstić information content (AvgIpc) is 2.50. The Morgan fingerprint density at radius 3 is 1.41 bits per heavy atom. The summed E-state index contributed by atoms with van der Waals surface area (Å²) >= 11 is 0. The normalized spacial score (nSPS) is 10.8. The van der Waals surface area contributed by atoms with Gasteiger partial charge in [0.2, 0.25) is 0 Å². The minimum Gasteiger partial charge on any atom is -0.495 e. The Balaban J connectivity index is 3.89. The Hall–Kier alpha value is -2.04. The molecule has 1 rings (SSSR count). The summed E-state index contributed by atoms with van der Waals surface area (Å²) in [6, 6.07) is 1.87. The minimum absolute atomic E-state index is 0.0761. The molecule has 0 aliphatic rings. The predicted octanol–water partition coefficient (Wildman–Crippen LogP) is 3.52. The molecule has 0 saturated carbocycles. The highest BCUT2D eigenvalue weighted by Gasteiger charge is 2.30. The van der Waals surface area contributed by atoms with Crippen LogP contribution in [0.4, 0.5) is 0 Å². The number of hydrogen-bond donors (Lipinski definition) is 0. The van der Waals surface area contributed by atoms with Crippen molar-refractivity contribution in [3.05, 3.63) is 28.3 Å². The molecule has 5 heteroatoms. The van der Waals surface area contributed by atoms with Crippen molar-refractivity contribution in [1.82, 2.24) is 0 Å². The zero-order valence-corrected chi connectivity index (χ0v) is 14.3. The van der Waals surface area contributed by atoms with Crippen molar-refractivity contribution in [3.63, 3.8) is 0 Å². The Morgan fingerprint density at radius 2 is 1.18 bits per heavy atom. The van der Waals surface area contributed by atoms with E-state index in [1.807, 2.05) is 33.8 Å². The van der Waals surface area contributed by atoms with Gasteiger partial charge in [-0.05, 0) is 23.0 Å². The Kier molecular flexibility index (Phi) is 5.97. The van der Waals surface area contributed by atoms with E-state index < -0.39 is 11.9 Å². The minimum atomic E-state index is -0.527. The highest BCUT2D eigenvalue weighted by Crippen LogP contribution is 2.38. The number of hydrogen-bond acceptors (Lipinski definition) is 5. The number of esters is 2. The molecule has 22 heavy (non-hydrogen) atoms. The number of methoxy groups -OCH3 is 3. The molecular formula is C17H24O5. The monoisotopic (exact) mass is 308 g/mol. The molecule has 0 aromatic heterocycles. The second kappa shape index (κ2) is 7.29. The van der Waals surface area contributed by atoms with Gasteiger partial charge < -0.3 is 14.2 Å². The standard InChI is InChI=1S/C17H24O5/c1-9(2)11-8-12(10(3)4)14(17(19)22-7)15(20-5)13(11)16(18)21-6/h8-10H,1-7H3. The molecule has 0 saturated heterocycles. The predicted molar refractivity (Wildman–Crippen MR) is 83.9 cm³/mol. The maximum absolute atomic E-state index is 12.2. The van der Waals surface area contributed by atoms with E-state index in [1.165, 1.54) is 21.3 Å². The van der Waals surface area contributed by atoms with Gasteiger partial charge in [-0.1, -0.05) is 33.8 Å². The van der Waals surface area contributed by atoms with Crippen molar-refractivity contribution in [2.45, 2.75) is 39.5 Å². The van der Waals surface area contributed by atoms with Crippen molar-refractivity contribution < 1.29 is 23.8 Å². The maximum Gasteiger partial charge on any atom is 0.341 e. The molecular weight excluding hydrogens is 284 g/mol. The topological polar surface area (TPSA) is 61.8 Å². The van der Waals surface area contributed by atoms with Crippen LogP contribution in [-0.4, -0.2) is 33.3 Å². The van der Waals surface area contributed by atoms with Crippen molar-refractivity contribution >= 4 is 11.9 Å². The summed E-state index contributed by atoms with van der Waals surface area (Å²) < 4.78 is 15.1. The molecule has 0 amide bonds. The number of benzene rings is 1. The first-order valence-electron chi connectivity index (χ1n) is 7.21. The third-order valence-corrected chi connectivity index (χ3v) is 3.57. The van der Waals surface area contributed by atoms with Crippen molar-refractivity contribution in [1.29, 1.82) is 0 Å². The van der Waals surface area contributed by atoms with Crippen LogP contribution in [0.1, 0.15) is 71.4 Å². The third kappa shape index (κ3) is 3.24. The van der Waals surface area contributed by atoms with E-state index in [0.29, 0.717) is 0 Å². The summed E-state index contributed by atoms with van der Waals surface area (Å²) in [5.74, 6) is -0.685. The molecule has 0 heterocycles. The van der Waals surface area contributed by atoms with Crippen LogP contribution in [0.5, 0.6) is 5.75 Å². The van der Waals surface area contributed by atoms with Gasteiger partial charge in [-0.2, -0.15) is 0 Å². The summed E-state index contributed by atoms with van der Waals surface area (Å²) in [7, 11) is 4.04. The quantitative estimate of drug-likeness (QED) is 0.779. The number of rotatable bonds is 5. The van der Waals surface area contributed by atoms with Crippen LogP contribution in [0.3, 0.4) is 0 Å². The fourth-order valence-electron chi connectivity index (χ4n) is 2.44. The second-order valence-corrected chi connectivity index (χ2v) is 5.63. The average molecular weight is 308 g/mol. The lowest BCUT2D eigenvalue weighted by atomic mass is 9.86. The molecule has 122 valence electrons. The van der Waals surface area contributed by atoms with E-state index in [1.54, 1.807) is 0 Å². The number of carbonyl (C=O) groups is 2. The van der Waals surface area contributed by atoms with Gasteiger partial charge in [0, 0.05) is 0 Å². The van der Waals surface area contributed by atoms with Gasteiger partial charge >= 0.3 is 11.9 Å². The lowest BCUT2D eigenvalue weighted by Crippen LogP contribution is -2.17. The largest absolute Gasteiger partial charge is 0.495 e. The Bertz CT molecular complexity index is 527. The van der Waals surface area contributed by atoms with E-state index in [0.717, 1.165) is 11.1 Å². The molecule has 0 bridgehead atoms. The lowest BCUT2D eigenvalue weighted by molar-refractivity contribution is 0.0589. The van der Waals surface area contributed by atoms with Crippen LogP contribution in [0.25, 0.3) is 0 Å². The van der Waals surface area contributed by atoms with Crippen LogP contribution >= 0.6 is 0 Å². The molecule has 0 aliphatic heterocycles. The zero-order valence-electron chi connectivity index (χ0n) is 14.3. The summed E-state index contributed by atoms with van der Waals surface area (Å²) in [4.78, 5) is 24.4. The van der Waals surface area contributed by atoms with E-state index in [4.69, 9.17) is 14.2 Å². The fraction of sp³-hybridized carbons (Fsp3) is 0.529. The van der Waals surface area contributed by atoms with Gasteiger partial charge in [0.25, 0.3) is 0 Å². The first kappa shape index (κ1) is 18.0. The van der Waals surface area contributed by atoms with E-state index >= 15 is 0 Å². The molecule has 0 aliphatic carbocycles. The van der Waals surface area contributed by atoms with E-state index in [-0.39, 0.29) is 28.7 Å². The van der Waals surface area contributed by atoms with E-state index in [9.17, 15) is 9.59 Å². The number of carbonyl (C=O) groups excluding carboxylic acids is 2. The molecule has 0 unspecified atom stereocenters. The maximum atomic E-state index is 12.2. The molecule has 0 radical (unpaired) electrons. The zero-order chi connectivity index (χ0) is 17.0. The van der Waals surface area contributed by atoms with Gasteiger partial charge in [-0.15, -0.1) is 0 Å². The lowest BCUT2D eigenvalue weighted by Gasteiger charge is -2.22. The van der Waals surface area contributed by atoms with Gasteiger partial charge in [-0.25, -0.2) is 9.59 Å². The number of ether oxygens (including phenoxy) is 3. The smallest absolute Gasteiger partial charge is 0.341 e. The van der Waals surface area contributed by atoms with Gasteiger partial charge in [-0.3, -0.25) is 0 Å². The Morgan fingerprint density at radius 1 is 0.818 bits per heavy atom. The molecule has 0 atom stereocenters. The first-order chi connectivity index (χ1) is 10.3. The van der Waals surface area contributed by atoms with Crippen LogP contribution in [0, 0.1) is 0 Å². The van der Waals surface area contributed by atoms with Crippen LogP contribution in [-0.2, 0) is 9.47 Å². The summed E-state index contributed by atoms with van der Waals surface area (Å²) in [5.41, 5.74) is 2.15. The van der Waals surface area contributed by atoms with Gasteiger partial charge in [0.05, 0.1) is 21.3 Å². The highest BCUT2D eigenvalue weighted by atomic mass is 16.5. The molecule has 5 nitrogen and oxygen atoms in total.